The van der Waals surface area contributed by atoms with Crippen LogP contribution in [-0.2, 0) is 11.3 Å². The molecule has 0 spiro atoms. The Hall–Kier alpha value is -3.37. The third kappa shape index (κ3) is 3.93. The number of methoxy groups -OCH3 is 1. The van der Waals surface area contributed by atoms with Gasteiger partial charge in [0.2, 0.25) is 5.91 Å². The van der Waals surface area contributed by atoms with Gasteiger partial charge in [-0.15, -0.1) is 0 Å². The van der Waals surface area contributed by atoms with Crippen molar-refractivity contribution in [2.75, 3.05) is 7.11 Å². The predicted molar refractivity (Wildman–Crippen MR) is 115 cm³/mol. The average Bonchev–Trinajstić information content (AvgIpc) is 2.78. The van der Waals surface area contributed by atoms with Gasteiger partial charge in [-0.1, -0.05) is 66.7 Å². The Morgan fingerprint density at radius 3 is 2.14 bits per heavy atom. The summed E-state index contributed by atoms with van der Waals surface area (Å²) in [5, 5.41) is 0. The first-order chi connectivity index (χ1) is 14.2. The van der Waals surface area contributed by atoms with E-state index in [1.54, 1.807) is 12.0 Å². The van der Waals surface area contributed by atoms with Gasteiger partial charge in [0.1, 0.15) is 5.75 Å². The molecule has 1 heterocycles. The van der Waals surface area contributed by atoms with Crippen molar-refractivity contribution in [1.82, 2.24) is 4.90 Å². The maximum Gasteiger partial charge on any atom is 0.245 e. The summed E-state index contributed by atoms with van der Waals surface area (Å²) in [5.74, 6) is 0.534. The second-order valence-electron chi connectivity index (χ2n) is 7.15. The van der Waals surface area contributed by atoms with Gasteiger partial charge in [-0.3, -0.25) is 4.79 Å². The standard InChI is InChI=1S/C25H24N2O2/c1-29-21-14-12-20(13-15-21)23-16-22(19-10-6-3-7-11-19)24(26)25(28)27(23)17-18-8-4-2-5-9-18/h2-16,22,24H,17,26H2,1H3/t22-,24-/m1/s1. The van der Waals surface area contributed by atoms with E-state index in [2.05, 4.69) is 6.08 Å². The van der Waals surface area contributed by atoms with Crippen molar-refractivity contribution in [3.63, 3.8) is 0 Å². The smallest absolute Gasteiger partial charge is 0.245 e. The van der Waals surface area contributed by atoms with Crippen molar-refractivity contribution < 1.29 is 9.53 Å². The van der Waals surface area contributed by atoms with E-state index in [-0.39, 0.29) is 11.8 Å². The number of hydrogen-bond acceptors (Lipinski definition) is 3. The van der Waals surface area contributed by atoms with Crippen molar-refractivity contribution in [2.24, 2.45) is 5.73 Å². The Kier molecular flexibility index (Phi) is 5.45. The molecule has 0 radical (unpaired) electrons. The van der Waals surface area contributed by atoms with E-state index in [1.165, 1.54) is 0 Å². The molecule has 0 saturated carbocycles. The number of amides is 1. The summed E-state index contributed by atoms with van der Waals surface area (Å²) in [5.41, 5.74) is 10.4. The molecule has 0 saturated heterocycles. The monoisotopic (exact) mass is 384 g/mol. The van der Waals surface area contributed by atoms with E-state index < -0.39 is 6.04 Å². The van der Waals surface area contributed by atoms with E-state index in [4.69, 9.17) is 10.5 Å². The molecule has 2 N–H and O–H groups in total. The van der Waals surface area contributed by atoms with Crippen molar-refractivity contribution in [1.29, 1.82) is 0 Å². The lowest BCUT2D eigenvalue weighted by Crippen LogP contribution is -2.48. The summed E-state index contributed by atoms with van der Waals surface area (Å²) in [6, 6.07) is 27.1. The second kappa shape index (κ2) is 8.33. The van der Waals surface area contributed by atoms with Crippen LogP contribution in [0.25, 0.3) is 5.70 Å². The van der Waals surface area contributed by atoms with Gasteiger partial charge in [0, 0.05) is 11.6 Å². The number of carbonyl (C=O) groups excluding carboxylic acids is 1. The van der Waals surface area contributed by atoms with E-state index in [1.807, 2.05) is 84.9 Å². The third-order valence-corrected chi connectivity index (χ3v) is 5.32. The van der Waals surface area contributed by atoms with Crippen LogP contribution in [0.3, 0.4) is 0 Å². The zero-order valence-corrected chi connectivity index (χ0v) is 16.4. The van der Waals surface area contributed by atoms with Crippen molar-refractivity contribution in [2.45, 2.75) is 18.5 Å². The molecule has 0 bridgehead atoms. The third-order valence-electron chi connectivity index (χ3n) is 5.32. The normalized spacial score (nSPS) is 19.0. The van der Waals surface area contributed by atoms with Crippen LogP contribution >= 0.6 is 0 Å². The van der Waals surface area contributed by atoms with Crippen LogP contribution in [0.5, 0.6) is 5.75 Å². The van der Waals surface area contributed by atoms with Gasteiger partial charge >= 0.3 is 0 Å². The number of ether oxygens (including phenoxy) is 1. The topological polar surface area (TPSA) is 55.6 Å². The van der Waals surface area contributed by atoms with Crippen molar-refractivity contribution >= 4 is 11.6 Å². The highest BCUT2D eigenvalue weighted by molar-refractivity contribution is 5.94. The zero-order valence-electron chi connectivity index (χ0n) is 16.4. The lowest BCUT2D eigenvalue weighted by molar-refractivity contribution is -0.130. The first-order valence-corrected chi connectivity index (χ1v) is 9.69. The van der Waals surface area contributed by atoms with Gasteiger partial charge in [0.15, 0.2) is 0 Å². The van der Waals surface area contributed by atoms with Crippen LogP contribution < -0.4 is 10.5 Å². The maximum atomic E-state index is 13.4. The minimum Gasteiger partial charge on any atom is -0.497 e. The molecule has 4 nitrogen and oxygen atoms in total. The Balaban J connectivity index is 1.78. The minimum atomic E-state index is -0.622. The second-order valence-corrected chi connectivity index (χ2v) is 7.15. The van der Waals surface area contributed by atoms with Crippen molar-refractivity contribution in [3.05, 3.63) is 108 Å². The number of rotatable bonds is 5. The average molecular weight is 384 g/mol. The number of carbonyl (C=O) groups is 1. The Labute approximate surface area is 171 Å². The fourth-order valence-electron chi connectivity index (χ4n) is 3.74. The molecule has 0 aliphatic carbocycles. The predicted octanol–water partition coefficient (Wildman–Crippen LogP) is 4.19. The lowest BCUT2D eigenvalue weighted by Gasteiger charge is -2.36. The van der Waals surface area contributed by atoms with E-state index in [9.17, 15) is 4.79 Å². The maximum absolute atomic E-state index is 13.4. The number of nitrogens with zero attached hydrogens (tertiary/aromatic N) is 1. The van der Waals surface area contributed by atoms with Gasteiger partial charge in [-0.05, 0) is 41.0 Å². The van der Waals surface area contributed by atoms with E-state index in [0.717, 1.165) is 28.1 Å². The van der Waals surface area contributed by atoms with E-state index >= 15 is 0 Å². The summed E-state index contributed by atoms with van der Waals surface area (Å²) in [6.07, 6.45) is 2.12. The largest absolute Gasteiger partial charge is 0.497 e. The van der Waals surface area contributed by atoms with E-state index in [0.29, 0.717) is 6.54 Å². The van der Waals surface area contributed by atoms with Gasteiger partial charge < -0.3 is 15.4 Å². The van der Waals surface area contributed by atoms with Crippen LogP contribution in [0.1, 0.15) is 22.6 Å². The highest BCUT2D eigenvalue weighted by Crippen LogP contribution is 2.35. The zero-order chi connectivity index (χ0) is 20.2. The Morgan fingerprint density at radius 1 is 0.897 bits per heavy atom. The molecular weight excluding hydrogens is 360 g/mol. The first-order valence-electron chi connectivity index (χ1n) is 9.69. The van der Waals surface area contributed by atoms with Crippen LogP contribution in [0.15, 0.2) is 91.0 Å². The minimum absolute atomic E-state index is 0.0731. The van der Waals surface area contributed by atoms with Crippen LogP contribution in [0.4, 0.5) is 0 Å². The van der Waals surface area contributed by atoms with Gasteiger partial charge in [-0.25, -0.2) is 0 Å². The van der Waals surface area contributed by atoms with Crippen molar-refractivity contribution in [3.8, 4) is 5.75 Å². The summed E-state index contributed by atoms with van der Waals surface area (Å²) >= 11 is 0. The molecule has 0 aromatic heterocycles. The van der Waals surface area contributed by atoms with Gasteiger partial charge in [0.25, 0.3) is 0 Å². The number of benzene rings is 3. The molecule has 3 aromatic carbocycles. The molecule has 0 unspecified atom stereocenters. The molecular formula is C25H24N2O2. The molecule has 146 valence electrons. The number of hydrogen-bond donors (Lipinski definition) is 1. The fourth-order valence-corrected chi connectivity index (χ4v) is 3.74. The lowest BCUT2D eigenvalue weighted by atomic mass is 9.85. The van der Waals surface area contributed by atoms with Crippen LogP contribution in [0.2, 0.25) is 0 Å². The SMILES string of the molecule is COc1ccc(C2=C[C@H](c3ccccc3)[C@@H](N)C(=O)N2Cc2ccccc2)cc1. The first kappa shape index (κ1) is 19.0. The van der Waals surface area contributed by atoms with Crippen LogP contribution in [-0.4, -0.2) is 24.0 Å². The highest BCUT2D eigenvalue weighted by Gasteiger charge is 2.36. The summed E-state index contributed by atoms with van der Waals surface area (Å²) < 4.78 is 5.29. The molecule has 4 rings (SSSR count). The molecule has 4 heteroatoms. The molecule has 3 aromatic rings. The molecule has 2 atom stereocenters. The summed E-state index contributed by atoms with van der Waals surface area (Å²) in [7, 11) is 1.64. The molecule has 0 fully saturated rings. The number of nitrogens with two attached hydrogens (primary N) is 1. The van der Waals surface area contributed by atoms with Gasteiger partial charge in [-0.2, -0.15) is 0 Å². The quantitative estimate of drug-likeness (QED) is 0.718. The fraction of sp³-hybridized carbons (Fsp3) is 0.160. The molecule has 29 heavy (non-hydrogen) atoms. The highest BCUT2D eigenvalue weighted by atomic mass is 16.5. The molecule has 1 aliphatic heterocycles. The van der Waals surface area contributed by atoms with Crippen LogP contribution in [0, 0.1) is 0 Å². The summed E-state index contributed by atoms with van der Waals surface area (Å²) in [6.45, 7) is 0.479. The van der Waals surface area contributed by atoms with Gasteiger partial charge in [0.05, 0.1) is 19.7 Å². The Bertz CT molecular complexity index is 998. The Morgan fingerprint density at radius 2 is 1.52 bits per heavy atom. The molecule has 1 aliphatic rings. The summed E-state index contributed by atoms with van der Waals surface area (Å²) in [4.78, 5) is 15.1. The molecule has 1 amide bonds.